The molecule has 66 heavy (non-hydrogen) atoms. The Balaban J connectivity index is 0.914. The van der Waals surface area contributed by atoms with Crippen LogP contribution in [0.3, 0.4) is 0 Å². The van der Waals surface area contributed by atoms with E-state index < -0.39 is 6.61 Å². The lowest BCUT2D eigenvalue weighted by Crippen LogP contribution is -2.57. The zero-order chi connectivity index (χ0) is 46.7. The quantitative estimate of drug-likeness (QED) is 0.129. The maximum absolute atomic E-state index is 14.0. The van der Waals surface area contributed by atoms with Gasteiger partial charge in [-0.2, -0.15) is 0 Å². The van der Waals surface area contributed by atoms with Crippen LogP contribution in [-0.4, -0.2) is 97.3 Å². The SMILES string of the molecule is C=CC(=O)Nc1cc(Nc2nc(-c3ccnc(N4CCn5c(cc6c5CC(C)(C)C6)C4=O)c3CO)cn(C)c2=O)ccc1N1CCN(C2CCN(c3ccc(C(C)(C)C)nc3)CC2)C[C@@H]1C. The number of fused-ring (bicyclic) bond motifs is 3. The topological polar surface area (TPSA) is 157 Å². The van der Waals surface area contributed by atoms with Crippen LogP contribution in [0.15, 0.2) is 78.5 Å². The van der Waals surface area contributed by atoms with Crippen LogP contribution in [0.5, 0.6) is 0 Å². The normalized spacial score (nSPS) is 18.9. The third-order valence-corrected chi connectivity index (χ3v) is 14.0. The van der Waals surface area contributed by atoms with Gasteiger partial charge in [0.25, 0.3) is 11.5 Å². The van der Waals surface area contributed by atoms with Gasteiger partial charge in [-0.15, -0.1) is 0 Å². The van der Waals surface area contributed by atoms with Crippen LogP contribution < -0.4 is 30.9 Å². The number of aryl methyl sites for hydroxylation is 1. The fraction of sp³-hybridized carbons (Fsp3) is 0.451. The third kappa shape index (κ3) is 8.61. The standard InChI is InChI=1S/C51H63N11O4/c1-9-45(64)55-39-25-34(10-12-41(39)60-21-20-59(29-32(60)2)35-15-18-58(19-16-35)36-11-13-44(53-28-36)50(3,4)5)54-46-49(66)57(8)30-40(56-46)37-14-17-52-47(38(37)31-63)62-23-22-61-42(48(62)65)24-33-26-51(6,7)27-43(33)61/h9-14,17,24-25,28,30,32,35,63H,1,15-16,18-23,26-27,29,31H2,2-8H3,(H,54,56)(H,55,64)/t32-/m0/s1. The van der Waals surface area contributed by atoms with Gasteiger partial charge in [-0.1, -0.05) is 41.2 Å². The number of hydrogen-bond acceptors (Lipinski definition) is 11. The Morgan fingerprint density at radius 1 is 0.985 bits per heavy atom. The van der Waals surface area contributed by atoms with E-state index in [1.54, 1.807) is 30.4 Å². The number of carbonyl (C=O) groups is 2. The molecule has 1 aliphatic carbocycles. The minimum absolute atomic E-state index is 0.0255. The van der Waals surface area contributed by atoms with Crippen molar-refractivity contribution in [1.82, 2.24) is 29.0 Å². The molecule has 7 heterocycles. The second-order valence-corrected chi connectivity index (χ2v) is 20.3. The first kappa shape index (κ1) is 44.9. The molecule has 0 saturated carbocycles. The molecule has 0 bridgehead atoms. The van der Waals surface area contributed by atoms with E-state index in [0.717, 1.165) is 69.8 Å². The largest absolute Gasteiger partial charge is 0.392 e. The second kappa shape index (κ2) is 17.5. The smallest absolute Gasteiger partial charge is 0.293 e. The number of nitrogens with one attached hydrogen (secondary N) is 2. The summed E-state index contributed by atoms with van der Waals surface area (Å²) >= 11 is 0. The monoisotopic (exact) mass is 894 g/mol. The average molecular weight is 894 g/mol. The maximum Gasteiger partial charge on any atom is 0.293 e. The summed E-state index contributed by atoms with van der Waals surface area (Å²) < 4.78 is 3.59. The highest BCUT2D eigenvalue weighted by molar-refractivity contribution is 6.06. The lowest BCUT2D eigenvalue weighted by atomic mass is 9.90. The molecule has 0 unspecified atom stereocenters. The summed E-state index contributed by atoms with van der Waals surface area (Å²) in [5, 5.41) is 17.1. The number of piperazine rings is 1. The van der Waals surface area contributed by atoms with Gasteiger partial charge in [0, 0.05) is 111 Å². The molecule has 2 saturated heterocycles. The van der Waals surface area contributed by atoms with Crippen molar-refractivity contribution < 1.29 is 14.7 Å². The molecule has 0 radical (unpaired) electrons. The van der Waals surface area contributed by atoms with E-state index in [1.807, 2.05) is 30.5 Å². The maximum atomic E-state index is 14.0. The molecule has 15 nitrogen and oxygen atoms in total. The van der Waals surface area contributed by atoms with Crippen LogP contribution in [0.2, 0.25) is 0 Å². The van der Waals surface area contributed by atoms with Crippen LogP contribution in [0, 0.1) is 5.41 Å². The van der Waals surface area contributed by atoms with Crippen molar-refractivity contribution in [2.75, 3.05) is 64.6 Å². The van der Waals surface area contributed by atoms with Crippen LogP contribution in [0.1, 0.15) is 87.4 Å². The number of anilines is 6. The molecule has 2 amide bonds. The first-order valence-electron chi connectivity index (χ1n) is 23.3. The van der Waals surface area contributed by atoms with Gasteiger partial charge in [-0.05, 0) is 92.1 Å². The van der Waals surface area contributed by atoms with Gasteiger partial charge in [-0.25, -0.2) is 9.97 Å². The summed E-state index contributed by atoms with van der Waals surface area (Å²) in [5.74, 6) is -0.0756. The first-order valence-corrected chi connectivity index (χ1v) is 23.3. The molecule has 346 valence electrons. The van der Waals surface area contributed by atoms with E-state index in [9.17, 15) is 19.5 Å². The Hall–Kier alpha value is -6.32. The van der Waals surface area contributed by atoms with Crippen LogP contribution in [-0.2, 0) is 43.3 Å². The van der Waals surface area contributed by atoms with E-state index >= 15 is 0 Å². The van der Waals surface area contributed by atoms with Gasteiger partial charge in [0.1, 0.15) is 11.5 Å². The molecular formula is C51H63N11O4. The number of aromatic nitrogens is 5. The summed E-state index contributed by atoms with van der Waals surface area (Å²) in [5.41, 5.74) is 8.64. The average Bonchev–Trinajstić information content (AvgIpc) is 3.79. The molecule has 15 heteroatoms. The lowest BCUT2D eigenvalue weighted by molar-refractivity contribution is -0.111. The van der Waals surface area contributed by atoms with E-state index in [4.69, 9.17) is 9.97 Å². The molecule has 9 rings (SSSR count). The van der Waals surface area contributed by atoms with Crippen molar-refractivity contribution in [2.45, 2.75) is 97.9 Å². The molecule has 3 aliphatic heterocycles. The predicted octanol–water partition coefficient (Wildman–Crippen LogP) is 6.66. The van der Waals surface area contributed by atoms with Gasteiger partial charge in [0.15, 0.2) is 5.82 Å². The molecule has 1 atom stereocenters. The number of carbonyl (C=O) groups excluding carboxylic acids is 2. The van der Waals surface area contributed by atoms with E-state index in [-0.39, 0.29) is 40.1 Å². The molecular weight excluding hydrogens is 831 g/mol. The van der Waals surface area contributed by atoms with Crippen molar-refractivity contribution in [3.63, 3.8) is 0 Å². The second-order valence-electron chi connectivity index (χ2n) is 20.3. The van der Waals surface area contributed by atoms with Crippen LogP contribution in [0.4, 0.5) is 34.4 Å². The zero-order valence-corrected chi connectivity index (χ0v) is 39.4. The Labute approximate surface area is 387 Å². The minimum Gasteiger partial charge on any atom is -0.392 e. The number of rotatable bonds is 10. The fourth-order valence-corrected chi connectivity index (χ4v) is 10.5. The highest BCUT2D eigenvalue weighted by Crippen LogP contribution is 2.41. The van der Waals surface area contributed by atoms with Gasteiger partial charge in [0.05, 0.1) is 35.6 Å². The minimum atomic E-state index is -0.397. The first-order chi connectivity index (χ1) is 31.5. The van der Waals surface area contributed by atoms with E-state index in [0.29, 0.717) is 58.8 Å². The van der Waals surface area contributed by atoms with Gasteiger partial charge < -0.3 is 34.7 Å². The van der Waals surface area contributed by atoms with Gasteiger partial charge in [-0.3, -0.25) is 29.2 Å². The van der Waals surface area contributed by atoms with Crippen molar-refractivity contribution in [2.24, 2.45) is 12.5 Å². The van der Waals surface area contributed by atoms with E-state index in [1.165, 1.54) is 27.6 Å². The van der Waals surface area contributed by atoms with Crippen LogP contribution >= 0.6 is 0 Å². The van der Waals surface area contributed by atoms with Gasteiger partial charge in [0.2, 0.25) is 5.91 Å². The number of benzene rings is 1. The van der Waals surface area contributed by atoms with Crippen molar-refractivity contribution in [3.8, 4) is 11.3 Å². The molecule has 3 N–H and O–H groups in total. The molecule has 0 spiro atoms. The van der Waals surface area contributed by atoms with E-state index in [2.05, 4.69) is 95.1 Å². The van der Waals surface area contributed by atoms with Crippen molar-refractivity contribution >= 4 is 46.2 Å². The Morgan fingerprint density at radius 3 is 2.47 bits per heavy atom. The Kier molecular flexibility index (Phi) is 11.9. The molecule has 5 aromatic rings. The summed E-state index contributed by atoms with van der Waals surface area (Å²) in [4.78, 5) is 63.8. The summed E-state index contributed by atoms with van der Waals surface area (Å²) in [6, 6.07) is 14.5. The number of amides is 2. The molecule has 4 aromatic heterocycles. The highest BCUT2D eigenvalue weighted by Gasteiger charge is 2.38. The third-order valence-electron chi connectivity index (χ3n) is 14.0. The number of nitrogens with zero attached hydrogens (tertiary/aromatic N) is 9. The van der Waals surface area contributed by atoms with Crippen LogP contribution in [0.25, 0.3) is 11.3 Å². The number of pyridine rings is 2. The molecule has 1 aromatic carbocycles. The number of hydrogen-bond donors (Lipinski definition) is 3. The zero-order valence-electron chi connectivity index (χ0n) is 39.4. The Bertz CT molecular complexity index is 2740. The number of piperidine rings is 1. The predicted molar refractivity (Wildman–Crippen MR) is 261 cm³/mol. The fourth-order valence-electron chi connectivity index (χ4n) is 10.5. The van der Waals surface area contributed by atoms with Gasteiger partial charge >= 0.3 is 0 Å². The Morgan fingerprint density at radius 2 is 1.77 bits per heavy atom. The van der Waals surface area contributed by atoms with Crippen molar-refractivity contribution in [3.05, 3.63) is 112 Å². The summed E-state index contributed by atoms with van der Waals surface area (Å²) in [6.07, 6.45) is 10.5. The summed E-state index contributed by atoms with van der Waals surface area (Å²) in [6.45, 7) is 22.2. The lowest BCUT2D eigenvalue weighted by Gasteiger charge is -2.47. The molecule has 4 aliphatic rings. The number of aliphatic hydroxyl groups is 1. The summed E-state index contributed by atoms with van der Waals surface area (Å²) in [7, 11) is 1.65. The number of aliphatic hydroxyl groups excluding tert-OH is 1. The van der Waals surface area contributed by atoms with Crippen molar-refractivity contribution in [1.29, 1.82) is 0 Å². The highest BCUT2D eigenvalue weighted by atomic mass is 16.3. The molecule has 2 fully saturated rings.